The van der Waals surface area contributed by atoms with Crippen LogP contribution in [0.15, 0.2) is 35.7 Å². The number of aromatic nitrogens is 1. The Morgan fingerprint density at radius 3 is 2.55 bits per heavy atom. The second kappa shape index (κ2) is 5.28. The van der Waals surface area contributed by atoms with Gasteiger partial charge in [-0.2, -0.15) is 13.2 Å². The standard InChI is InChI=1S/C14H16F3N3/c1-9-8-20(2)11(6-18)5-12(9)10-3-4-13(19-7-10)14(15,16)17/h3-5,7H,6,8,18H2,1-2H3. The lowest BCUT2D eigenvalue weighted by Crippen LogP contribution is -2.28. The summed E-state index contributed by atoms with van der Waals surface area (Å²) in [6.07, 6.45) is -1.24. The zero-order valence-corrected chi connectivity index (χ0v) is 11.3. The van der Waals surface area contributed by atoms with Gasteiger partial charge in [-0.15, -0.1) is 0 Å². The third-order valence-electron chi connectivity index (χ3n) is 3.31. The monoisotopic (exact) mass is 283 g/mol. The summed E-state index contributed by atoms with van der Waals surface area (Å²) in [5.74, 6) is 0. The number of halogens is 3. The van der Waals surface area contributed by atoms with Gasteiger partial charge in [0.25, 0.3) is 0 Å². The van der Waals surface area contributed by atoms with E-state index < -0.39 is 11.9 Å². The number of hydrogen-bond donors (Lipinski definition) is 1. The van der Waals surface area contributed by atoms with Gasteiger partial charge < -0.3 is 10.6 Å². The Hall–Kier alpha value is -1.82. The molecule has 0 bridgehead atoms. The maximum absolute atomic E-state index is 12.5. The van der Waals surface area contributed by atoms with E-state index in [0.717, 1.165) is 22.9 Å². The fraction of sp³-hybridized carbons (Fsp3) is 0.357. The molecule has 0 atom stereocenters. The Balaban J connectivity index is 2.37. The van der Waals surface area contributed by atoms with Gasteiger partial charge in [-0.1, -0.05) is 6.07 Å². The van der Waals surface area contributed by atoms with Crippen molar-refractivity contribution in [2.45, 2.75) is 13.1 Å². The smallest absolute Gasteiger partial charge is 0.373 e. The number of allylic oxidation sites excluding steroid dienone is 2. The predicted molar refractivity (Wildman–Crippen MR) is 71.6 cm³/mol. The quantitative estimate of drug-likeness (QED) is 0.907. The van der Waals surface area contributed by atoms with Gasteiger partial charge in [-0.05, 0) is 30.2 Å². The minimum Gasteiger partial charge on any atom is -0.373 e. The number of likely N-dealkylation sites (N-methyl/N-ethyl adjacent to an activating group) is 1. The molecule has 2 N–H and O–H groups in total. The van der Waals surface area contributed by atoms with Crippen molar-refractivity contribution in [3.05, 3.63) is 46.9 Å². The summed E-state index contributed by atoms with van der Waals surface area (Å²) in [7, 11) is 1.93. The maximum Gasteiger partial charge on any atom is 0.433 e. The third-order valence-corrected chi connectivity index (χ3v) is 3.31. The first-order valence-electron chi connectivity index (χ1n) is 6.18. The zero-order valence-electron chi connectivity index (χ0n) is 11.3. The Morgan fingerprint density at radius 1 is 1.35 bits per heavy atom. The first-order valence-corrected chi connectivity index (χ1v) is 6.18. The molecule has 0 amide bonds. The molecule has 0 unspecified atom stereocenters. The molecule has 0 radical (unpaired) electrons. The third kappa shape index (κ3) is 2.85. The molecular weight excluding hydrogens is 267 g/mol. The van der Waals surface area contributed by atoms with Crippen molar-refractivity contribution >= 4 is 5.57 Å². The predicted octanol–water partition coefficient (Wildman–Crippen LogP) is 2.66. The van der Waals surface area contributed by atoms with Crippen LogP contribution in [0.1, 0.15) is 18.2 Å². The van der Waals surface area contributed by atoms with E-state index in [9.17, 15) is 13.2 Å². The van der Waals surface area contributed by atoms with Crippen LogP contribution in [0.3, 0.4) is 0 Å². The highest BCUT2D eigenvalue weighted by Gasteiger charge is 2.32. The average Bonchev–Trinajstić information content (AvgIpc) is 2.38. The molecule has 0 saturated heterocycles. The van der Waals surface area contributed by atoms with Gasteiger partial charge in [-0.3, -0.25) is 4.98 Å². The molecular formula is C14H16F3N3. The van der Waals surface area contributed by atoms with E-state index in [-0.39, 0.29) is 0 Å². The number of pyridine rings is 1. The molecule has 1 aromatic heterocycles. The second-order valence-corrected chi connectivity index (χ2v) is 4.82. The lowest BCUT2D eigenvalue weighted by atomic mass is 9.97. The minimum atomic E-state index is -4.41. The topological polar surface area (TPSA) is 42.1 Å². The molecule has 0 aliphatic carbocycles. The van der Waals surface area contributed by atoms with E-state index in [2.05, 4.69) is 4.98 Å². The molecule has 3 nitrogen and oxygen atoms in total. The van der Waals surface area contributed by atoms with E-state index in [1.54, 1.807) is 0 Å². The summed E-state index contributed by atoms with van der Waals surface area (Å²) in [6.45, 7) is 3.05. The lowest BCUT2D eigenvalue weighted by Gasteiger charge is -2.28. The fourth-order valence-corrected chi connectivity index (χ4v) is 2.21. The van der Waals surface area contributed by atoms with Crippen molar-refractivity contribution in [3.8, 4) is 0 Å². The molecule has 108 valence electrons. The average molecular weight is 283 g/mol. The minimum absolute atomic E-state index is 0.390. The summed E-state index contributed by atoms with van der Waals surface area (Å²) < 4.78 is 37.5. The summed E-state index contributed by atoms with van der Waals surface area (Å²) >= 11 is 0. The van der Waals surface area contributed by atoms with Gasteiger partial charge in [0.15, 0.2) is 0 Å². The van der Waals surface area contributed by atoms with E-state index in [1.165, 1.54) is 12.3 Å². The Labute approximate surface area is 115 Å². The van der Waals surface area contributed by atoms with Crippen LogP contribution in [0.4, 0.5) is 13.2 Å². The van der Waals surface area contributed by atoms with Crippen molar-refractivity contribution in [2.24, 2.45) is 5.73 Å². The number of nitrogens with zero attached hydrogens (tertiary/aromatic N) is 2. The largest absolute Gasteiger partial charge is 0.433 e. The zero-order chi connectivity index (χ0) is 14.9. The van der Waals surface area contributed by atoms with Crippen LogP contribution in [0.2, 0.25) is 0 Å². The van der Waals surface area contributed by atoms with Gasteiger partial charge in [0, 0.05) is 37.6 Å². The number of alkyl halides is 3. The molecule has 0 spiro atoms. The molecule has 20 heavy (non-hydrogen) atoms. The molecule has 1 aliphatic rings. The van der Waals surface area contributed by atoms with Gasteiger partial charge in [0.2, 0.25) is 0 Å². The van der Waals surface area contributed by atoms with Crippen molar-refractivity contribution in [2.75, 3.05) is 20.1 Å². The fourth-order valence-electron chi connectivity index (χ4n) is 2.21. The van der Waals surface area contributed by atoms with E-state index in [4.69, 9.17) is 5.73 Å². The van der Waals surface area contributed by atoms with Crippen molar-refractivity contribution in [1.82, 2.24) is 9.88 Å². The van der Waals surface area contributed by atoms with Gasteiger partial charge >= 0.3 is 6.18 Å². The van der Waals surface area contributed by atoms with E-state index >= 15 is 0 Å². The summed E-state index contributed by atoms with van der Waals surface area (Å²) in [4.78, 5) is 5.52. The van der Waals surface area contributed by atoms with Crippen molar-refractivity contribution in [1.29, 1.82) is 0 Å². The van der Waals surface area contributed by atoms with Crippen LogP contribution in [-0.2, 0) is 6.18 Å². The van der Waals surface area contributed by atoms with Gasteiger partial charge in [-0.25, -0.2) is 0 Å². The summed E-state index contributed by atoms with van der Waals surface area (Å²) in [6, 6.07) is 2.45. The molecule has 2 heterocycles. The van der Waals surface area contributed by atoms with Crippen molar-refractivity contribution < 1.29 is 13.2 Å². The maximum atomic E-state index is 12.5. The molecule has 0 saturated carbocycles. The summed E-state index contributed by atoms with van der Waals surface area (Å²) in [5.41, 5.74) is 8.38. The Bertz CT molecular complexity index is 556. The SMILES string of the molecule is CC1=C(c2ccc(C(F)(F)F)nc2)C=C(CN)N(C)C1. The van der Waals surface area contributed by atoms with Crippen LogP contribution in [0.5, 0.6) is 0 Å². The Morgan fingerprint density at radius 2 is 2.05 bits per heavy atom. The lowest BCUT2D eigenvalue weighted by molar-refractivity contribution is -0.141. The van der Waals surface area contributed by atoms with Crippen LogP contribution < -0.4 is 5.73 Å². The Kier molecular flexibility index (Phi) is 3.85. The van der Waals surface area contributed by atoms with E-state index in [1.807, 2.05) is 24.9 Å². The normalized spacial score (nSPS) is 16.5. The van der Waals surface area contributed by atoms with Gasteiger partial charge in [0.05, 0.1) is 0 Å². The highest BCUT2D eigenvalue weighted by Crippen LogP contribution is 2.30. The number of nitrogens with two attached hydrogens (primary N) is 1. The first-order chi connectivity index (χ1) is 9.32. The highest BCUT2D eigenvalue weighted by molar-refractivity contribution is 5.78. The van der Waals surface area contributed by atoms with Crippen LogP contribution >= 0.6 is 0 Å². The molecule has 0 aromatic carbocycles. The first kappa shape index (κ1) is 14.6. The van der Waals surface area contributed by atoms with Crippen LogP contribution in [-0.4, -0.2) is 30.0 Å². The van der Waals surface area contributed by atoms with Gasteiger partial charge in [0.1, 0.15) is 5.69 Å². The highest BCUT2D eigenvalue weighted by atomic mass is 19.4. The van der Waals surface area contributed by atoms with E-state index in [0.29, 0.717) is 18.7 Å². The molecule has 1 aliphatic heterocycles. The second-order valence-electron chi connectivity index (χ2n) is 4.82. The number of hydrogen-bond acceptors (Lipinski definition) is 3. The molecule has 0 fully saturated rings. The van der Waals surface area contributed by atoms with Crippen molar-refractivity contribution in [3.63, 3.8) is 0 Å². The molecule has 1 aromatic rings. The van der Waals surface area contributed by atoms with Crippen LogP contribution in [0.25, 0.3) is 5.57 Å². The van der Waals surface area contributed by atoms with Crippen LogP contribution in [0, 0.1) is 0 Å². The molecule has 2 rings (SSSR count). The summed E-state index contributed by atoms with van der Waals surface area (Å²) in [5, 5.41) is 0. The molecule has 6 heteroatoms. The number of rotatable bonds is 2.